The zero-order valence-electron chi connectivity index (χ0n) is 13.3. The van der Waals surface area contributed by atoms with E-state index in [2.05, 4.69) is 10.1 Å². The number of carbonyl (C=O) groups excluding carboxylic acids is 1. The summed E-state index contributed by atoms with van der Waals surface area (Å²) < 4.78 is 29.4. The number of nitrogens with one attached hydrogen (secondary N) is 1. The zero-order valence-corrected chi connectivity index (χ0v) is 14.9. The first-order chi connectivity index (χ1) is 10.5. The normalized spacial score (nSPS) is 17.7. The SMILES string of the molecule is CC(N)CC(=O)NC1CCN(c2ccccc2OC(F)F)C1.Cl.Cl. The van der Waals surface area contributed by atoms with Gasteiger partial charge in [-0.1, -0.05) is 12.1 Å². The Labute approximate surface area is 152 Å². The average Bonchev–Trinajstić information content (AvgIpc) is 2.85. The molecule has 0 aliphatic carbocycles. The lowest BCUT2D eigenvalue weighted by Gasteiger charge is -2.22. The van der Waals surface area contributed by atoms with Crippen LogP contribution in [0.3, 0.4) is 0 Å². The molecule has 0 spiro atoms. The van der Waals surface area contributed by atoms with Crippen LogP contribution in [0.5, 0.6) is 5.75 Å². The fourth-order valence-electron chi connectivity index (χ4n) is 2.59. The summed E-state index contributed by atoms with van der Waals surface area (Å²) in [6.45, 7) is 0.157. The number of benzene rings is 1. The number of nitrogens with zero attached hydrogens (tertiary/aromatic N) is 1. The molecule has 24 heavy (non-hydrogen) atoms. The third-order valence-corrected chi connectivity index (χ3v) is 3.48. The Kier molecular flexibility index (Phi) is 9.96. The summed E-state index contributed by atoms with van der Waals surface area (Å²) in [6.07, 6.45) is 1.04. The van der Waals surface area contributed by atoms with E-state index in [4.69, 9.17) is 5.73 Å². The highest BCUT2D eigenvalue weighted by atomic mass is 35.5. The molecule has 2 unspecified atom stereocenters. The van der Waals surface area contributed by atoms with Crippen molar-refractivity contribution in [1.29, 1.82) is 0 Å². The van der Waals surface area contributed by atoms with E-state index in [1.54, 1.807) is 25.1 Å². The Hall–Kier alpha value is -1.31. The van der Waals surface area contributed by atoms with Crippen molar-refractivity contribution in [2.45, 2.75) is 38.5 Å². The van der Waals surface area contributed by atoms with Gasteiger partial charge in [-0.25, -0.2) is 0 Å². The third kappa shape index (κ3) is 6.67. The van der Waals surface area contributed by atoms with E-state index in [1.165, 1.54) is 6.07 Å². The van der Waals surface area contributed by atoms with E-state index in [0.29, 0.717) is 18.8 Å². The van der Waals surface area contributed by atoms with Gasteiger partial charge < -0.3 is 20.7 Å². The second kappa shape index (κ2) is 10.5. The highest BCUT2D eigenvalue weighted by Gasteiger charge is 2.26. The van der Waals surface area contributed by atoms with Gasteiger partial charge in [0.1, 0.15) is 5.75 Å². The van der Waals surface area contributed by atoms with Crippen molar-refractivity contribution in [2.24, 2.45) is 5.73 Å². The van der Waals surface area contributed by atoms with E-state index < -0.39 is 6.61 Å². The van der Waals surface area contributed by atoms with Crippen molar-refractivity contribution in [1.82, 2.24) is 5.32 Å². The Morgan fingerprint density at radius 3 is 2.71 bits per heavy atom. The quantitative estimate of drug-likeness (QED) is 0.789. The average molecular weight is 386 g/mol. The molecule has 1 aliphatic heterocycles. The van der Waals surface area contributed by atoms with Crippen LogP contribution >= 0.6 is 24.8 Å². The minimum absolute atomic E-state index is 0. The molecule has 1 fully saturated rings. The Morgan fingerprint density at radius 1 is 1.42 bits per heavy atom. The molecule has 1 aliphatic rings. The molecular formula is C15H23Cl2F2N3O2. The monoisotopic (exact) mass is 385 g/mol. The number of hydrogen-bond acceptors (Lipinski definition) is 4. The Morgan fingerprint density at radius 2 is 2.08 bits per heavy atom. The summed E-state index contributed by atoms with van der Waals surface area (Å²) in [4.78, 5) is 13.7. The Bertz CT molecular complexity index is 521. The van der Waals surface area contributed by atoms with E-state index in [9.17, 15) is 13.6 Å². The number of halogens is 4. The van der Waals surface area contributed by atoms with E-state index in [-0.39, 0.29) is 55.0 Å². The number of anilines is 1. The molecule has 1 saturated heterocycles. The van der Waals surface area contributed by atoms with Gasteiger partial charge in [-0.2, -0.15) is 8.78 Å². The van der Waals surface area contributed by atoms with E-state index >= 15 is 0 Å². The second-order valence-electron chi connectivity index (χ2n) is 5.53. The maximum atomic E-state index is 12.4. The molecule has 1 amide bonds. The highest BCUT2D eigenvalue weighted by molar-refractivity contribution is 5.85. The standard InChI is InChI=1S/C15H21F2N3O2.2ClH/c1-10(18)8-14(21)19-11-6-7-20(9-11)12-4-2-3-5-13(12)22-15(16)17;;/h2-5,10-11,15H,6-9,18H2,1H3,(H,19,21);2*1H. The van der Waals surface area contributed by atoms with Crippen LogP contribution in [-0.2, 0) is 4.79 Å². The first kappa shape index (κ1) is 22.7. The molecule has 0 aromatic heterocycles. The minimum Gasteiger partial charge on any atom is -0.433 e. The van der Waals surface area contributed by atoms with Crippen LogP contribution in [0, 0.1) is 0 Å². The van der Waals surface area contributed by atoms with Crippen LogP contribution in [0.15, 0.2) is 24.3 Å². The number of ether oxygens (including phenoxy) is 1. The smallest absolute Gasteiger partial charge is 0.387 e. The van der Waals surface area contributed by atoms with Gasteiger partial charge in [0, 0.05) is 31.6 Å². The van der Waals surface area contributed by atoms with Gasteiger partial charge in [0.25, 0.3) is 0 Å². The van der Waals surface area contributed by atoms with Gasteiger partial charge in [-0.3, -0.25) is 4.79 Å². The summed E-state index contributed by atoms with van der Waals surface area (Å²) in [5.41, 5.74) is 6.21. The topological polar surface area (TPSA) is 67.6 Å². The first-order valence-electron chi connectivity index (χ1n) is 7.29. The fraction of sp³-hybridized carbons (Fsp3) is 0.533. The predicted octanol–water partition coefficient (Wildman–Crippen LogP) is 2.56. The van der Waals surface area contributed by atoms with Crippen molar-refractivity contribution < 1.29 is 18.3 Å². The Balaban J connectivity index is 0.00000264. The first-order valence-corrected chi connectivity index (χ1v) is 7.29. The molecule has 2 atom stereocenters. The van der Waals surface area contributed by atoms with Crippen molar-refractivity contribution in [3.05, 3.63) is 24.3 Å². The lowest BCUT2D eigenvalue weighted by molar-refractivity contribution is -0.121. The molecular weight excluding hydrogens is 363 g/mol. The third-order valence-electron chi connectivity index (χ3n) is 3.48. The zero-order chi connectivity index (χ0) is 16.1. The predicted molar refractivity (Wildman–Crippen MR) is 94.6 cm³/mol. The van der Waals surface area contributed by atoms with Gasteiger partial charge in [0.05, 0.1) is 5.69 Å². The fourth-order valence-corrected chi connectivity index (χ4v) is 2.59. The van der Waals surface area contributed by atoms with Crippen LogP contribution in [0.1, 0.15) is 19.8 Å². The number of alkyl halides is 2. The van der Waals surface area contributed by atoms with Gasteiger partial charge in [-0.15, -0.1) is 24.8 Å². The number of nitrogens with two attached hydrogens (primary N) is 1. The number of amides is 1. The summed E-state index contributed by atoms with van der Waals surface area (Å²) in [5.74, 6) is 0.0685. The van der Waals surface area contributed by atoms with Crippen LogP contribution < -0.4 is 20.7 Å². The molecule has 1 heterocycles. The van der Waals surface area contributed by atoms with Crippen LogP contribution in [0.2, 0.25) is 0 Å². The largest absolute Gasteiger partial charge is 0.433 e. The lowest BCUT2D eigenvalue weighted by Crippen LogP contribution is -2.39. The van der Waals surface area contributed by atoms with Crippen molar-refractivity contribution in [3.8, 4) is 5.75 Å². The summed E-state index contributed by atoms with van der Waals surface area (Å²) in [6, 6.07) is 6.49. The molecule has 138 valence electrons. The van der Waals surface area contributed by atoms with Crippen molar-refractivity contribution >= 4 is 36.4 Å². The number of rotatable bonds is 6. The number of hydrogen-bond donors (Lipinski definition) is 2. The maximum absolute atomic E-state index is 12.4. The lowest BCUT2D eigenvalue weighted by atomic mass is 10.2. The summed E-state index contributed by atoms with van der Waals surface area (Å²) in [5, 5.41) is 2.92. The molecule has 0 bridgehead atoms. The maximum Gasteiger partial charge on any atom is 0.387 e. The number of carbonyl (C=O) groups is 1. The van der Waals surface area contributed by atoms with Crippen LogP contribution in [0.4, 0.5) is 14.5 Å². The molecule has 0 radical (unpaired) electrons. The van der Waals surface area contributed by atoms with Gasteiger partial charge in [0.15, 0.2) is 0 Å². The molecule has 0 saturated carbocycles. The van der Waals surface area contributed by atoms with Crippen molar-refractivity contribution in [3.63, 3.8) is 0 Å². The number of para-hydroxylation sites is 2. The summed E-state index contributed by atoms with van der Waals surface area (Å²) in [7, 11) is 0. The van der Waals surface area contributed by atoms with Crippen molar-refractivity contribution in [2.75, 3.05) is 18.0 Å². The van der Waals surface area contributed by atoms with Gasteiger partial charge in [0.2, 0.25) is 5.91 Å². The summed E-state index contributed by atoms with van der Waals surface area (Å²) >= 11 is 0. The minimum atomic E-state index is -2.86. The van der Waals surface area contributed by atoms with E-state index in [0.717, 1.165) is 6.42 Å². The molecule has 5 nitrogen and oxygen atoms in total. The highest BCUT2D eigenvalue weighted by Crippen LogP contribution is 2.31. The van der Waals surface area contributed by atoms with E-state index in [1.807, 2.05) is 4.90 Å². The van der Waals surface area contributed by atoms with Crippen LogP contribution in [0.25, 0.3) is 0 Å². The molecule has 2 rings (SSSR count). The van der Waals surface area contributed by atoms with Gasteiger partial charge >= 0.3 is 6.61 Å². The molecule has 3 N–H and O–H groups in total. The molecule has 1 aromatic carbocycles. The molecule has 9 heteroatoms. The second-order valence-corrected chi connectivity index (χ2v) is 5.53. The van der Waals surface area contributed by atoms with Crippen LogP contribution in [-0.4, -0.2) is 37.7 Å². The van der Waals surface area contributed by atoms with Gasteiger partial charge in [-0.05, 0) is 25.5 Å². The molecule has 1 aromatic rings.